The van der Waals surface area contributed by atoms with E-state index in [9.17, 15) is 22.8 Å². The number of morpholine rings is 1. The minimum Gasteiger partial charge on any atom is -0.406 e. The van der Waals surface area contributed by atoms with Crippen molar-refractivity contribution in [2.45, 2.75) is 19.5 Å². The highest BCUT2D eigenvalue weighted by molar-refractivity contribution is 6.16. The van der Waals surface area contributed by atoms with Gasteiger partial charge in [-0.15, -0.1) is 13.2 Å². The van der Waals surface area contributed by atoms with Crippen molar-refractivity contribution in [3.8, 4) is 5.75 Å². The molecule has 0 aliphatic carbocycles. The van der Waals surface area contributed by atoms with Crippen LogP contribution in [0.4, 0.5) is 24.5 Å². The number of nitrogens with one attached hydrogen (secondary N) is 1. The van der Waals surface area contributed by atoms with Gasteiger partial charge in [-0.05, 0) is 35.9 Å². The van der Waals surface area contributed by atoms with Crippen LogP contribution in [0.25, 0.3) is 0 Å². The maximum absolute atomic E-state index is 13.3. The SMILES string of the molecule is O=C(Nc1cccc2c1C(=O)N(c1cccc(OC(F)(F)F)c1)C2)c1cccc(CN2CCOCC2)n1. The number of hydrogen-bond donors (Lipinski definition) is 1. The number of benzene rings is 2. The molecule has 2 aromatic carbocycles. The quantitative estimate of drug-likeness (QED) is 0.533. The maximum Gasteiger partial charge on any atom is 0.573 e. The van der Waals surface area contributed by atoms with E-state index in [1.165, 1.54) is 17.0 Å². The molecular weight excluding hydrogens is 489 g/mol. The summed E-state index contributed by atoms with van der Waals surface area (Å²) in [7, 11) is 0. The summed E-state index contributed by atoms with van der Waals surface area (Å²) in [5.41, 5.74) is 2.43. The number of alkyl halides is 3. The number of nitrogens with zero attached hydrogens (tertiary/aromatic N) is 3. The van der Waals surface area contributed by atoms with Gasteiger partial charge in [-0.3, -0.25) is 14.5 Å². The van der Waals surface area contributed by atoms with Gasteiger partial charge in [0.1, 0.15) is 11.4 Å². The number of carbonyl (C=O) groups is 2. The summed E-state index contributed by atoms with van der Waals surface area (Å²) in [6, 6.07) is 15.5. The van der Waals surface area contributed by atoms with Gasteiger partial charge in [-0.2, -0.15) is 0 Å². The van der Waals surface area contributed by atoms with Gasteiger partial charge < -0.3 is 19.7 Å². The van der Waals surface area contributed by atoms with Gasteiger partial charge >= 0.3 is 6.36 Å². The van der Waals surface area contributed by atoms with Gasteiger partial charge in [-0.25, -0.2) is 4.98 Å². The van der Waals surface area contributed by atoms with E-state index >= 15 is 0 Å². The van der Waals surface area contributed by atoms with Crippen LogP contribution in [0.3, 0.4) is 0 Å². The minimum atomic E-state index is -4.85. The number of halogens is 3. The molecule has 1 aromatic heterocycles. The van der Waals surface area contributed by atoms with Crippen molar-refractivity contribution in [2.75, 3.05) is 36.5 Å². The summed E-state index contributed by atoms with van der Waals surface area (Å²) in [5, 5.41) is 2.78. The lowest BCUT2D eigenvalue weighted by Gasteiger charge is -2.26. The lowest BCUT2D eigenvalue weighted by atomic mass is 10.1. The summed E-state index contributed by atoms with van der Waals surface area (Å²) in [6.07, 6.45) is -4.85. The van der Waals surface area contributed by atoms with Crippen molar-refractivity contribution in [1.29, 1.82) is 0 Å². The van der Waals surface area contributed by atoms with Crippen molar-refractivity contribution in [2.24, 2.45) is 0 Å². The Hall–Kier alpha value is -3.96. The van der Waals surface area contributed by atoms with Crippen molar-refractivity contribution >= 4 is 23.2 Å². The van der Waals surface area contributed by atoms with E-state index in [4.69, 9.17) is 4.74 Å². The number of pyridine rings is 1. The molecule has 0 bridgehead atoms. The molecule has 3 aromatic rings. The van der Waals surface area contributed by atoms with Gasteiger partial charge in [-0.1, -0.05) is 24.3 Å². The van der Waals surface area contributed by atoms with E-state index in [0.717, 1.165) is 30.9 Å². The molecule has 5 rings (SSSR count). The van der Waals surface area contributed by atoms with Gasteiger partial charge in [0.15, 0.2) is 0 Å². The number of hydrogen-bond acceptors (Lipinski definition) is 6. The Kier molecular flexibility index (Phi) is 6.81. The van der Waals surface area contributed by atoms with Crippen LogP contribution in [0.2, 0.25) is 0 Å². The van der Waals surface area contributed by atoms with E-state index in [2.05, 4.69) is 19.9 Å². The number of carbonyl (C=O) groups excluding carboxylic acids is 2. The van der Waals surface area contributed by atoms with Crippen molar-refractivity contribution in [3.05, 3.63) is 83.2 Å². The third-order valence-electron chi connectivity index (χ3n) is 6.08. The van der Waals surface area contributed by atoms with E-state index < -0.39 is 23.9 Å². The first-order chi connectivity index (χ1) is 17.8. The molecule has 1 fully saturated rings. The molecule has 37 heavy (non-hydrogen) atoms. The first-order valence-electron chi connectivity index (χ1n) is 11.6. The van der Waals surface area contributed by atoms with Gasteiger partial charge in [0, 0.05) is 31.4 Å². The minimum absolute atomic E-state index is 0.140. The molecule has 3 heterocycles. The predicted molar refractivity (Wildman–Crippen MR) is 128 cm³/mol. The van der Waals surface area contributed by atoms with Crippen LogP contribution in [0.5, 0.6) is 5.75 Å². The van der Waals surface area contributed by atoms with E-state index in [-0.39, 0.29) is 23.5 Å². The van der Waals surface area contributed by atoms with Crippen LogP contribution < -0.4 is 15.0 Å². The topological polar surface area (TPSA) is 84.0 Å². The van der Waals surface area contributed by atoms with Gasteiger partial charge in [0.25, 0.3) is 11.8 Å². The highest BCUT2D eigenvalue weighted by atomic mass is 19.4. The normalized spacial score (nSPS) is 16.0. The number of rotatable bonds is 6. The van der Waals surface area contributed by atoms with E-state index in [1.54, 1.807) is 30.3 Å². The first-order valence-corrected chi connectivity index (χ1v) is 11.6. The fourth-order valence-corrected chi connectivity index (χ4v) is 4.39. The lowest BCUT2D eigenvalue weighted by molar-refractivity contribution is -0.274. The van der Waals surface area contributed by atoms with Crippen LogP contribution in [0.1, 0.15) is 32.1 Å². The van der Waals surface area contributed by atoms with Gasteiger partial charge in [0.05, 0.1) is 36.7 Å². The first kappa shape index (κ1) is 24.7. The average molecular weight is 512 g/mol. The maximum atomic E-state index is 13.3. The second-order valence-corrected chi connectivity index (χ2v) is 8.63. The summed E-state index contributed by atoms with van der Waals surface area (Å²) < 4.78 is 47.3. The van der Waals surface area contributed by atoms with Gasteiger partial charge in [0.2, 0.25) is 0 Å². The Morgan fingerprint density at radius 2 is 1.81 bits per heavy atom. The third kappa shape index (κ3) is 5.73. The molecule has 2 amide bonds. The molecule has 0 radical (unpaired) electrons. The molecule has 8 nitrogen and oxygen atoms in total. The van der Waals surface area contributed by atoms with Crippen LogP contribution in [0.15, 0.2) is 60.7 Å². The second kappa shape index (κ2) is 10.2. The van der Waals surface area contributed by atoms with Crippen molar-refractivity contribution in [3.63, 3.8) is 0 Å². The average Bonchev–Trinajstić information content (AvgIpc) is 3.21. The Balaban J connectivity index is 1.33. The highest BCUT2D eigenvalue weighted by Crippen LogP contribution is 2.35. The van der Waals surface area contributed by atoms with Crippen molar-refractivity contribution < 1.29 is 32.2 Å². The molecule has 0 unspecified atom stereocenters. The summed E-state index contributed by atoms with van der Waals surface area (Å²) in [4.78, 5) is 34.3. The fourth-order valence-electron chi connectivity index (χ4n) is 4.39. The second-order valence-electron chi connectivity index (χ2n) is 8.63. The lowest BCUT2D eigenvalue weighted by Crippen LogP contribution is -2.36. The van der Waals surface area contributed by atoms with E-state index in [0.29, 0.717) is 31.0 Å². The van der Waals surface area contributed by atoms with Crippen LogP contribution >= 0.6 is 0 Å². The molecule has 2 aliphatic heterocycles. The number of ether oxygens (including phenoxy) is 2. The zero-order valence-electron chi connectivity index (χ0n) is 19.6. The molecule has 0 spiro atoms. The monoisotopic (exact) mass is 512 g/mol. The summed E-state index contributed by atoms with van der Waals surface area (Å²) in [6.45, 7) is 3.63. The summed E-state index contributed by atoms with van der Waals surface area (Å²) in [5.74, 6) is -1.33. The standard InChI is InChI=1S/C26H23F3N4O4/c27-26(28,29)37-20-7-3-6-19(14-20)33-15-17-4-1-8-21(23(17)25(33)35)31-24(34)22-9-2-5-18(30-22)16-32-10-12-36-13-11-32/h1-9,14H,10-13,15-16H2,(H,31,34). The molecule has 0 saturated carbocycles. The Morgan fingerprint density at radius 3 is 2.59 bits per heavy atom. The Labute approximate surface area is 210 Å². The number of amides is 2. The van der Waals surface area contributed by atoms with Crippen LogP contribution in [-0.2, 0) is 17.8 Å². The zero-order valence-corrected chi connectivity index (χ0v) is 19.6. The summed E-state index contributed by atoms with van der Waals surface area (Å²) >= 11 is 0. The predicted octanol–water partition coefficient (Wildman–Crippen LogP) is 4.23. The van der Waals surface area contributed by atoms with Crippen LogP contribution in [-0.4, -0.2) is 54.4 Å². The Bertz CT molecular complexity index is 1330. The van der Waals surface area contributed by atoms with Crippen LogP contribution in [0, 0.1) is 0 Å². The number of anilines is 2. The zero-order chi connectivity index (χ0) is 26.0. The molecule has 192 valence electrons. The molecule has 1 saturated heterocycles. The molecule has 2 aliphatic rings. The molecule has 1 N–H and O–H groups in total. The molecule has 0 atom stereocenters. The number of fused-ring (bicyclic) bond motifs is 1. The smallest absolute Gasteiger partial charge is 0.406 e. The highest BCUT2D eigenvalue weighted by Gasteiger charge is 2.34. The van der Waals surface area contributed by atoms with E-state index in [1.807, 2.05) is 6.07 Å². The third-order valence-corrected chi connectivity index (χ3v) is 6.08. The fraction of sp³-hybridized carbons (Fsp3) is 0.269. The Morgan fingerprint density at radius 1 is 1.05 bits per heavy atom. The largest absolute Gasteiger partial charge is 0.573 e. The number of aromatic nitrogens is 1. The molecule has 11 heteroatoms. The van der Waals surface area contributed by atoms with Crippen molar-refractivity contribution in [1.82, 2.24) is 9.88 Å². The molecular formula is C26H23F3N4O4.